The molecule has 6 heteroatoms. The monoisotopic (exact) mass is 306 g/mol. The Bertz CT molecular complexity index is 760. The highest BCUT2D eigenvalue weighted by molar-refractivity contribution is 5.97. The lowest BCUT2D eigenvalue weighted by atomic mass is 9.92. The quantitative estimate of drug-likeness (QED) is 0.896. The zero-order valence-corrected chi connectivity index (χ0v) is 11.9. The van der Waals surface area contributed by atoms with E-state index < -0.39 is 17.4 Å². The number of H-pyrrole nitrogens is 1. The molecule has 116 valence electrons. The minimum absolute atomic E-state index is 0.0102. The van der Waals surface area contributed by atoms with E-state index in [0.717, 1.165) is 5.39 Å². The van der Waals surface area contributed by atoms with Crippen molar-refractivity contribution in [3.63, 3.8) is 0 Å². The van der Waals surface area contributed by atoms with E-state index in [0.29, 0.717) is 5.52 Å². The molecule has 0 atom stereocenters. The Morgan fingerprint density at radius 1 is 1.23 bits per heavy atom. The molecule has 1 amide bonds. The molecule has 1 saturated carbocycles. The van der Waals surface area contributed by atoms with Crippen LogP contribution in [0.5, 0.6) is 0 Å². The second kappa shape index (κ2) is 5.51. The first-order valence-electron chi connectivity index (χ1n) is 7.25. The molecule has 1 aromatic carbocycles. The maximum absolute atomic E-state index is 13.1. The third-order valence-electron chi connectivity index (χ3n) is 4.05. The molecule has 0 saturated heterocycles. The molecule has 1 aliphatic carbocycles. The van der Waals surface area contributed by atoms with Crippen molar-refractivity contribution in [3.05, 3.63) is 46.2 Å². The number of rotatable bonds is 2. The maximum atomic E-state index is 13.1. The number of para-hydroxylation sites is 1. The van der Waals surface area contributed by atoms with Gasteiger partial charge in [0, 0.05) is 24.4 Å². The molecule has 22 heavy (non-hydrogen) atoms. The number of pyridine rings is 1. The minimum atomic E-state index is -2.64. The van der Waals surface area contributed by atoms with Gasteiger partial charge in [-0.3, -0.25) is 9.59 Å². The topological polar surface area (TPSA) is 62.0 Å². The molecule has 1 aliphatic rings. The third kappa shape index (κ3) is 3.00. The average molecular weight is 306 g/mol. The summed E-state index contributed by atoms with van der Waals surface area (Å²) in [5.74, 6) is -3.15. The van der Waals surface area contributed by atoms with Crippen LogP contribution in [0, 0.1) is 0 Å². The summed E-state index contributed by atoms with van der Waals surface area (Å²) in [4.78, 5) is 26.9. The van der Waals surface area contributed by atoms with Gasteiger partial charge in [-0.15, -0.1) is 0 Å². The number of benzene rings is 1. The van der Waals surface area contributed by atoms with Gasteiger partial charge < -0.3 is 10.3 Å². The molecule has 4 nitrogen and oxygen atoms in total. The van der Waals surface area contributed by atoms with E-state index in [1.165, 1.54) is 6.07 Å². The molecular weight excluding hydrogens is 290 g/mol. The van der Waals surface area contributed by atoms with Gasteiger partial charge in [0.15, 0.2) is 0 Å². The summed E-state index contributed by atoms with van der Waals surface area (Å²) in [5.41, 5.74) is 0.190. The van der Waals surface area contributed by atoms with Crippen LogP contribution in [0.15, 0.2) is 35.1 Å². The minimum Gasteiger partial charge on any atom is -0.349 e. The summed E-state index contributed by atoms with van der Waals surface area (Å²) in [5, 5.41) is 3.44. The molecule has 0 radical (unpaired) electrons. The number of aromatic amines is 1. The number of alkyl halides is 2. The highest BCUT2D eigenvalue weighted by atomic mass is 19.3. The van der Waals surface area contributed by atoms with Crippen LogP contribution in [-0.2, 0) is 0 Å². The second-order valence-electron chi connectivity index (χ2n) is 5.70. The summed E-state index contributed by atoms with van der Waals surface area (Å²) < 4.78 is 26.2. The van der Waals surface area contributed by atoms with E-state index in [1.54, 1.807) is 18.2 Å². The number of hydrogen-bond donors (Lipinski definition) is 2. The van der Waals surface area contributed by atoms with E-state index >= 15 is 0 Å². The van der Waals surface area contributed by atoms with Crippen molar-refractivity contribution < 1.29 is 13.6 Å². The predicted octanol–water partition coefficient (Wildman–Crippen LogP) is 2.84. The van der Waals surface area contributed by atoms with Crippen LogP contribution in [0.4, 0.5) is 8.78 Å². The molecule has 3 rings (SSSR count). The summed E-state index contributed by atoms with van der Waals surface area (Å²) in [7, 11) is 0. The van der Waals surface area contributed by atoms with Crippen molar-refractivity contribution in [2.45, 2.75) is 37.6 Å². The molecule has 2 aromatic rings. The van der Waals surface area contributed by atoms with Crippen molar-refractivity contribution in [2.24, 2.45) is 0 Å². The molecule has 0 aliphatic heterocycles. The summed E-state index contributed by atoms with van der Waals surface area (Å²) in [6.07, 6.45) is -0.00744. The predicted molar refractivity (Wildman–Crippen MR) is 79.2 cm³/mol. The normalized spacial score (nSPS) is 18.3. The van der Waals surface area contributed by atoms with Crippen LogP contribution in [0.3, 0.4) is 0 Å². The van der Waals surface area contributed by atoms with Crippen molar-refractivity contribution in [3.8, 4) is 0 Å². The number of fused-ring (bicyclic) bond motifs is 1. The van der Waals surface area contributed by atoms with Gasteiger partial charge in [0.05, 0.1) is 0 Å². The number of carbonyl (C=O) groups excluding carboxylic acids is 1. The van der Waals surface area contributed by atoms with Crippen LogP contribution >= 0.6 is 0 Å². The number of nitrogens with one attached hydrogen (secondary N) is 2. The van der Waals surface area contributed by atoms with Crippen LogP contribution in [-0.4, -0.2) is 22.9 Å². The molecule has 1 aromatic heterocycles. The van der Waals surface area contributed by atoms with E-state index in [1.807, 2.05) is 6.07 Å². The lowest BCUT2D eigenvalue weighted by molar-refractivity contribution is -0.0399. The zero-order valence-electron chi connectivity index (χ0n) is 11.9. The standard InChI is InChI=1S/C16H16F2N2O2/c17-16(18)7-5-11(6-8-16)19-14(21)12-9-10-3-1-2-4-13(10)20-15(12)22/h1-4,9,11H,5-8H2,(H,19,21)(H,20,22). The van der Waals surface area contributed by atoms with E-state index in [4.69, 9.17) is 0 Å². The first kappa shape index (κ1) is 14.7. The Hall–Kier alpha value is -2.24. The van der Waals surface area contributed by atoms with E-state index in [9.17, 15) is 18.4 Å². The smallest absolute Gasteiger partial charge is 0.261 e. The number of halogens is 2. The maximum Gasteiger partial charge on any atom is 0.261 e. The van der Waals surface area contributed by atoms with Gasteiger partial charge in [0.2, 0.25) is 5.92 Å². The fourth-order valence-electron chi connectivity index (χ4n) is 2.76. The van der Waals surface area contributed by atoms with Crippen molar-refractivity contribution >= 4 is 16.8 Å². The summed E-state index contributed by atoms with van der Waals surface area (Å²) in [6, 6.07) is 8.37. The second-order valence-corrected chi connectivity index (χ2v) is 5.70. The average Bonchev–Trinajstić information content (AvgIpc) is 2.48. The number of amides is 1. The fraction of sp³-hybridized carbons (Fsp3) is 0.375. The van der Waals surface area contributed by atoms with Gasteiger partial charge in [0.25, 0.3) is 11.5 Å². The Morgan fingerprint density at radius 2 is 1.91 bits per heavy atom. The van der Waals surface area contributed by atoms with E-state index in [-0.39, 0.29) is 37.3 Å². The van der Waals surface area contributed by atoms with Crippen molar-refractivity contribution in [1.29, 1.82) is 0 Å². The molecule has 0 unspecified atom stereocenters. The summed E-state index contributed by atoms with van der Waals surface area (Å²) >= 11 is 0. The van der Waals surface area contributed by atoms with E-state index in [2.05, 4.69) is 10.3 Å². The van der Waals surface area contributed by atoms with Gasteiger partial charge >= 0.3 is 0 Å². The number of aromatic nitrogens is 1. The molecule has 0 bridgehead atoms. The van der Waals surface area contributed by atoms with Crippen LogP contribution in [0.1, 0.15) is 36.0 Å². The lowest BCUT2D eigenvalue weighted by Crippen LogP contribution is -2.41. The summed E-state index contributed by atoms with van der Waals surface area (Å²) in [6.45, 7) is 0. The zero-order chi connectivity index (χ0) is 15.7. The molecule has 2 N–H and O–H groups in total. The number of hydrogen-bond acceptors (Lipinski definition) is 2. The SMILES string of the molecule is O=C(NC1CCC(F)(F)CC1)c1cc2ccccc2[nH]c1=O. The van der Waals surface area contributed by atoms with Gasteiger partial charge in [-0.05, 0) is 30.4 Å². The molecular formula is C16H16F2N2O2. The molecule has 1 fully saturated rings. The van der Waals surface area contributed by atoms with Crippen molar-refractivity contribution in [1.82, 2.24) is 10.3 Å². The van der Waals surface area contributed by atoms with Gasteiger partial charge in [-0.1, -0.05) is 18.2 Å². The molecule has 0 spiro atoms. The van der Waals surface area contributed by atoms with Crippen LogP contribution in [0.25, 0.3) is 10.9 Å². The Balaban J connectivity index is 1.78. The largest absolute Gasteiger partial charge is 0.349 e. The van der Waals surface area contributed by atoms with Gasteiger partial charge in [0.1, 0.15) is 5.56 Å². The Morgan fingerprint density at radius 3 is 2.64 bits per heavy atom. The third-order valence-corrected chi connectivity index (χ3v) is 4.05. The Kier molecular flexibility index (Phi) is 3.68. The highest BCUT2D eigenvalue weighted by Crippen LogP contribution is 2.33. The first-order chi connectivity index (χ1) is 10.4. The Labute approximate surface area is 125 Å². The number of carbonyl (C=O) groups is 1. The van der Waals surface area contributed by atoms with Gasteiger partial charge in [-0.25, -0.2) is 8.78 Å². The first-order valence-corrected chi connectivity index (χ1v) is 7.25. The fourth-order valence-corrected chi connectivity index (χ4v) is 2.76. The molecule has 1 heterocycles. The van der Waals surface area contributed by atoms with Gasteiger partial charge in [-0.2, -0.15) is 0 Å². The van der Waals surface area contributed by atoms with Crippen LogP contribution in [0.2, 0.25) is 0 Å². The van der Waals surface area contributed by atoms with Crippen LogP contribution < -0.4 is 10.9 Å². The van der Waals surface area contributed by atoms with Crippen molar-refractivity contribution in [2.75, 3.05) is 0 Å². The lowest BCUT2D eigenvalue weighted by Gasteiger charge is -2.28. The highest BCUT2D eigenvalue weighted by Gasteiger charge is 2.35.